The van der Waals surface area contributed by atoms with Gasteiger partial charge in [0.15, 0.2) is 0 Å². The molecular weight excluding hydrogens is 276 g/mol. The van der Waals surface area contributed by atoms with E-state index in [4.69, 9.17) is 11.6 Å². The Bertz CT molecular complexity index is 554. The fourth-order valence-electron chi connectivity index (χ4n) is 1.39. The van der Waals surface area contributed by atoms with Crippen molar-refractivity contribution in [3.63, 3.8) is 0 Å². The standard InChI is InChI=1S/C11H11ClN2OS2/c1-11(2,3)10-9(17-14-13-10)7(15)8-6(12)4-5-16-8/h4-5H,1-3H3. The van der Waals surface area contributed by atoms with Crippen molar-refractivity contribution in [2.75, 3.05) is 0 Å². The highest BCUT2D eigenvalue weighted by Crippen LogP contribution is 2.31. The SMILES string of the molecule is CC(C)(C)c1nnsc1C(=O)c1sccc1Cl. The van der Waals surface area contributed by atoms with Gasteiger partial charge in [0.25, 0.3) is 0 Å². The molecule has 0 bridgehead atoms. The van der Waals surface area contributed by atoms with Crippen LogP contribution in [0, 0.1) is 0 Å². The molecule has 0 fully saturated rings. The summed E-state index contributed by atoms with van der Waals surface area (Å²) in [6.45, 7) is 6.03. The van der Waals surface area contributed by atoms with Gasteiger partial charge < -0.3 is 0 Å². The zero-order chi connectivity index (χ0) is 12.6. The Balaban J connectivity index is 2.46. The van der Waals surface area contributed by atoms with E-state index >= 15 is 0 Å². The predicted molar refractivity (Wildman–Crippen MR) is 71.4 cm³/mol. The van der Waals surface area contributed by atoms with Crippen molar-refractivity contribution in [2.24, 2.45) is 0 Å². The molecule has 0 unspecified atom stereocenters. The molecule has 90 valence electrons. The van der Waals surface area contributed by atoms with Crippen LogP contribution < -0.4 is 0 Å². The molecule has 2 aromatic heterocycles. The number of rotatable bonds is 2. The van der Waals surface area contributed by atoms with E-state index in [1.807, 2.05) is 20.8 Å². The number of carbonyl (C=O) groups excluding carboxylic acids is 1. The number of aromatic nitrogens is 2. The lowest BCUT2D eigenvalue weighted by molar-refractivity contribution is 0.104. The van der Waals surface area contributed by atoms with Crippen molar-refractivity contribution in [1.29, 1.82) is 0 Å². The van der Waals surface area contributed by atoms with Crippen molar-refractivity contribution in [2.45, 2.75) is 26.2 Å². The van der Waals surface area contributed by atoms with Gasteiger partial charge in [0.1, 0.15) is 4.88 Å². The van der Waals surface area contributed by atoms with Crippen LogP contribution in [0.2, 0.25) is 5.02 Å². The van der Waals surface area contributed by atoms with Gasteiger partial charge in [-0.2, -0.15) is 0 Å². The highest BCUT2D eigenvalue weighted by atomic mass is 35.5. The summed E-state index contributed by atoms with van der Waals surface area (Å²) in [7, 11) is 0. The first-order valence-corrected chi connectivity index (χ1v) is 7.05. The topological polar surface area (TPSA) is 42.9 Å². The number of ketones is 1. The van der Waals surface area contributed by atoms with E-state index < -0.39 is 0 Å². The molecule has 0 aromatic carbocycles. The first-order chi connectivity index (χ1) is 7.91. The summed E-state index contributed by atoms with van der Waals surface area (Å²) in [4.78, 5) is 13.5. The van der Waals surface area contributed by atoms with Gasteiger partial charge >= 0.3 is 0 Å². The average molecular weight is 287 g/mol. The van der Waals surface area contributed by atoms with E-state index in [0.717, 1.165) is 17.2 Å². The largest absolute Gasteiger partial charge is 0.287 e. The molecule has 0 atom stereocenters. The van der Waals surface area contributed by atoms with Crippen LogP contribution in [0.3, 0.4) is 0 Å². The third-order valence-electron chi connectivity index (χ3n) is 2.23. The molecule has 0 amide bonds. The smallest absolute Gasteiger partial charge is 0.217 e. The molecule has 0 N–H and O–H groups in total. The minimum atomic E-state index is -0.193. The van der Waals surface area contributed by atoms with Gasteiger partial charge in [-0.05, 0) is 23.0 Å². The normalized spacial score (nSPS) is 11.8. The van der Waals surface area contributed by atoms with Gasteiger partial charge in [-0.25, -0.2) is 0 Å². The van der Waals surface area contributed by atoms with E-state index in [-0.39, 0.29) is 11.2 Å². The summed E-state index contributed by atoms with van der Waals surface area (Å²) >= 11 is 8.45. The van der Waals surface area contributed by atoms with E-state index in [0.29, 0.717) is 14.8 Å². The molecule has 0 saturated heterocycles. The van der Waals surface area contributed by atoms with Crippen molar-refractivity contribution in [1.82, 2.24) is 9.59 Å². The Morgan fingerprint density at radius 2 is 2.06 bits per heavy atom. The Labute approximate surface area is 113 Å². The minimum absolute atomic E-state index is 0.0788. The van der Waals surface area contributed by atoms with Crippen LogP contribution in [0.4, 0.5) is 0 Å². The van der Waals surface area contributed by atoms with Crippen LogP contribution in [0.15, 0.2) is 11.4 Å². The molecule has 17 heavy (non-hydrogen) atoms. The highest BCUT2D eigenvalue weighted by Gasteiger charge is 2.28. The fourth-order valence-corrected chi connectivity index (χ4v) is 3.36. The van der Waals surface area contributed by atoms with Crippen LogP contribution in [0.5, 0.6) is 0 Å². The van der Waals surface area contributed by atoms with Crippen molar-refractivity contribution in [3.05, 3.63) is 31.9 Å². The van der Waals surface area contributed by atoms with Crippen LogP contribution in [-0.2, 0) is 5.41 Å². The number of carbonyl (C=O) groups is 1. The van der Waals surface area contributed by atoms with Gasteiger partial charge in [-0.1, -0.05) is 36.9 Å². The number of thiophene rings is 1. The van der Waals surface area contributed by atoms with E-state index in [2.05, 4.69) is 9.59 Å². The lowest BCUT2D eigenvalue weighted by atomic mass is 9.90. The molecule has 2 aromatic rings. The van der Waals surface area contributed by atoms with Crippen molar-refractivity contribution in [3.8, 4) is 0 Å². The molecule has 3 nitrogen and oxygen atoms in total. The van der Waals surface area contributed by atoms with Gasteiger partial charge in [-0.3, -0.25) is 4.79 Å². The first-order valence-electron chi connectivity index (χ1n) is 5.02. The summed E-state index contributed by atoms with van der Waals surface area (Å²) in [6.07, 6.45) is 0. The lowest BCUT2D eigenvalue weighted by Gasteiger charge is -2.15. The van der Waals surface area contributed by atoms with E-state index in [1.165, 1.54) is 11.3 Å². The monoisotopic (exact) mass is 286 g/mol. The quantitative estimate of drug-likeness (QED) is 0.789. The maximum atomic E-state index is 12.3. The second-order valence-corrected chi connectivity index (χ2v) is 6.70. The maximum absolute atomic E-state index is 12.3. The van der Waals surface area contributed by atoms with Crippen LogP contribution >= 0.6 is 34.5 Å². The molecule has 0 aliphatic rings. The summed E-state index contributed by atoms with van der Waals surface area (Å²) in [5.41, 5.74) is 0.541. The predicted octanol–water partition coefficient (Wildman–Crippen LogP) is 3.78. The Morgan fingerprint density at radius 1 is 1.35 bits per heavy atom. The van der Waals surface area contributed by atoms with Crippen LogP contribution in [0.1, 0.15) is 41.0 Å². The van der Waals surface area contributed by atoms with Crippen molar-refractivity contribution < 1.29 is 4.79 Å². The first kappa shape index (κ1) is 12.7. The maximum Gasteiger partial charge on any atom is 0.217 e. The molecular formula is C11H11ClN2OS2. The third-order valence-corrected chi connectivity index (χ3v) is 4.29. The molecule has 0 spiro atoms. The van der Waals surface area contributed by atoms with Crippen LogP contribution in [0.25, 0.3) is 0 Å². The Morgan fingerprint density at radius 3 is 2.59 bits per heavy atom. The van der Waals surface area contributed by atoms with Gasteiger partial charge in [-0.15, -0.1) is 16.4 Å². The van der Waals surface area contributed by atoms with Crippen LogP contribution in [-0.4, -0.2) is 15.4 Å². The van der Waals surface area contributed by atoms with E-state index in [1.54, 1.807) is 11.4 Å². The van der Waals surface area contributed by atoms with Gasteiger partial charge in [0.2, 0.25) is 5.78 Å². The summed E-state index contributed by atoms with van der Waals surface area (Å²) < 4.78 is 3.88. The summed E-state index contributed by atoms with van der Waals surface area (Å²) in [5.74, 6) is -0.0788. The molecule has 2 heterocycles. The molecule has 2 rings (SSSR count). The molecule has 0 radical (unpaired) electrons. The number of nitrogens with zero attached hydrogens (tertiary/aromatic N) is 2. The third kappa shape index (κ3) is 2.41. The number of halogens is 1. The number of hydrogen-bond donors (Lipinski definition) is 0. The Hall–Kier alpha value is -0.780. The lowest BCUT2D eigenvalue weighted by Crippen LogP contribution is -2.16. The summed E-state index contributed by atoms with van der Waals surface area (Å²) in [5, 5.41) is 6.36. The second kappa shape index (κ2) is 4.48. The zero-order valence-corrected chi connectivity index (χ0v) is 12.0. The summed E-state index contributed by atoms with van der Waals surface area (Å²) in [6, 6.07) is 1.73. The second-order valence-electron chi connectivity index (χ2n) is 4.63. The zero-order valence-electron chi connectivity index (χ0n) is 9.65. The molecule has 6 heteroatoms. The average Bonchev–Trinajstić information content (AvgIpc) is 2.82. The minimum Gasteiger partial charge on any atom is -0.287 e. The highest BCUT2D eigenvalue weighted by molar-refractivity contribution is 7.15. The molecule has 0 aliphatic heterocycles. The fraction of sp³-hybridized carbons (Fsp3) is 0.364. The van der Waals surface area contributed by atoms with E-state index in [9.17, 15) is 4.79 Å². The van der Waals surface area contributed by atoms with Crippen molar-refractivity contribution >= 4 is 40.3 Å². The van der Waals surface area contributed by atoms with Gasteiger partial charge in [0.05, 0.1) is 15.6 Å². The number of hydrogen-bond acceptors (Lipinski definition) is 5. The van der Waals surface area contributed by atoms with Gasteiger partial charge in [0, 0.05) is 5.41 Å². The molecule has 0 aliphatic carbocycles. The molecule has 0 saturated carbocycles. The Kier molecular flexibility index (Phi) is 3.34.